The van der Waals surface area contributed by atoms with Gasteiger partial charge in [0.2, 0.25) is 0 Å². The van der Waals surface area contributed by atoms with Crippen molar-refractivity contribution < 1.29 is 18.0 Å². The van der Waals surface area contributed by atoms with Crippen LogP contribution in [-0.2, 0) is 12.0 Å². The Labute approximate surface area is 109 Å². The highest BCUT2D eigenvalue weighted by molar-refractivity contribution is 5.24. The highest BCUT2D eigenvalue weighted by atomic mass is 19.1. The molecule has 0 aliphatic rings. The number of benzene rings is 1. The molecule has 0 aliphatic carbocycles. The second-order valence-electron chi connectivity index (χ2n) is 5.13. The highest BCUT2D eigenvalue weighted by Crippen LogP contribution is 2.21. The first-order chi connectivity index (χ1) is 8.86. The lowest BCUT2D eigenvalue weighted by Crippen LogP contribution is -2.13. The van der Waals surface area contributed by atoms with Crippen LogP contribution in [0, 0.1) is 11.6 Å². The molecule has 0 radical (unpaired) electrons. The van der Waals surface area contributed by atoms with Crippen LogP contribution in [0.5, 0.6) is 5.75 Å². The van der Waals surface area contributed by atoms with Crippen molar-refractivity contribution >= 4 is 0 Å². The molecular formula is C13H14F2N2O2. The standard InChI is InChI=1S/C13H14F2N2O2/c1-13(2,3)12-16-11(19-17-12)7-18-10-5-4-8(14)6-9(10)15/h4-6H,7H2,1-3H3. The van der Waals surface area contributed by atoms with E-state index in [9.17, 15) is 8.78 Å². The second kappa shape index (κ2) is 4.95. The molecule has 1 aromatic carbocycles. The number of nitrogens with zero attached hydrogens (tertiary/aromatic N) is 2. The van der Waals surface area contributed by atoms with Gasteiger partial charge in [-0.3, -0.25) is 0 Å². The average Bonchev–Trinajstić information content (AvgIpc) is 2.76. The van der Waals surface area contributed by atoms with Crippen LogP contribution in [0.3, 0.4) is 0 Å². The fraction of sp³-hybridized carbons (Fsp3) is 0.385. The maximum absolute atomic E-state index is 13.3. The van der Waals surface area contributed by atoms with Crippen molar-refractivity contribution in [2.45, 2.75) is 32.8 Å². The monoisotopic (exact) mass is 268 g/mol. The molecule has 1 heterocycles. The zero-order chi connectivity index (χ0) is 14.0. The number of ether oxygens (including phenoxy) is 1. The van der Waals surface area contributed by atoms with Crippen molar-refractivity contribution in [3.05, 3.63) is 41.5 Å². The topological polar surface area (TPSA) is 48.2 Å². The molecule has 102 valence electrons. The Morgan fingerprint density at radius 1 is 1.26 bits per heavy atom. The van der Waals surface area contributed by atoms with E-state index in [0.29, 0.717) is 5.82 Å². The van der Waals surface area contributed by atoms with E-state index in [0.717, 1.165) is 12.1 Å². The van der Waals surface area contributed by atoms with Crippen molar-refractivity contribution in [2.24, 2.45) is 0 Å². The number of halogens is 2. The quantitative estimate of drug-likeness (QED) is 0.857. The highest BCUT2D eigenvalue weighted by Gasteiger charge is 2.21. The minimum atomic E-state index is -0.768. The van der Waals surface area contributed by atoms with E-state index < -0.39 is 11.6 Å². The summed E-state index contributed by atoms with van der Waals surface area (Å²) < 4.78 is 36.2. The Balaban J connectivity index is 2.04. The molecule has 2 aromatic rings. The van der Waals surface area contributed by atoms with Crippen LogP contribution >= 0.6 is 0 Å². The largest absolute Gasteiger partial charge is 0.481 e. The fourth-order valence-corrected chi connectivity index (χ4v) is 1.35. The predicted octanol–water partition coefficient (Wildman–Crippen LogP) is 3.22. The Morgan fingerprint density at radius 2 is 2.00 bits per heavy atom. The van der Waals surface area contributed by atoms with Crippen molar-refractivity contribution in [1.29, 1.82) is 0 Å². The van der Waals surface area contributed by atoms with Crippen molar-refractivity contribution in [1.82, 2.24) is 10.1 Å². The van der Waals surface area contributed by atoms with Gasteiger partial charge in [-0.2, -0.15) is 4.98 Å². The maximum Gasteiger partial charge on any atom is 0.264 e. The fourth-order valence-electron chi connectivity index (χ4n) is 1.35. The summed E-state index contributed by atoms with van der Waals surface area (Å²) in [5.74, 6) is -0.690. The Bertz CT molecular complexity index is 576. The number of aromatic nitrogens is 2. The Kier molecular flexibility index (Phi) is 3.50. The predicted molar refractivity (Wildman–Crippen MR) is 63.7 cm³/mol. The first-order valence-electron chi connectivity index (χ1n) is 5.77. The first-order valence-corrected chi connectivity index (χ1v) is 5.77. The van der Waals surface area contributed by atoms with Gasteiger partial charge in [0, 0.05) is 11.5 Å². The van der Waals surface area contributed by atoms with Gasteiger partial charge in [0.25, 0.3) is 5.89 Å². The molecule has 1 aromatic heterocycles. The van der Waals surface area contributed by atoms with Gasteiger partial charge in [-0.25, -0.2) is 8.78 Å². The van der Waals surface area contributed by atoms with Gasteiger partial charge in [0.1, 0.15) is 5.82 Å². The molecular weight excluding hydrogens is 254 g/mol. The molecule has 0 unspecified atom stereocenters. The number of hydrogen-bond donors (Lipinski definition) is 0. The molecule has 0 N–H and O–H groups in total. The van der Waals surface area contributed by atoms with E-state index in [1.54, 1.807) is 0 Å². The summed E-state index contributed by atoms with van der Waals surface area (Å²) >= 11 is 0. The third-order valence-corrected chi connectivity index (χ3v) is 2.38. The van der Waals surface area contributed by atoms with Crippen LogP contribution < -0.4 is 4.74 Å². The van der Waals surface area contributed by atoms with Crippen LogP contribution in [0.25, 0.3) is 0 Å². The molecule has 0 spiro atoms. The molecule has 0 saturated heterocycles. The van der Waals surface area contributed by atoms with E-state index in [-0.39, 0.29) is 23.7 Å². The lowest BCUT2D eigenvalue weighted by molar-refractivity contribution is 0.233. The van der Waals surface area contributed by atoms with Gasteiger partial charge >= 0.3 is 0 Å². The summed E-state index contributed by atoms with van der Waals surface area (Å²) in [6.07, 6.45) is 0. The van der Waals surface area contributed by atoms with Crippen LogP contribution in [0.1, 0.15) is 32.5 Å². The summed E-state index contributed by atoms with van der Waals surface area (Å²) in [4.78, 5) is 4.14. The molecule has 0 bridgehead atoms. The van der Waals surface area contributed by atoms with Gasteiger partial charge in [-0.05, 0) is 12.1 Å². The minimum absolute atomic E-state index is 0.0584. The van der Waals surface area contributed by atoms with Crippen molar-refractivity contribution in [2.75, 3.05) is 0 Å². The van der Waals surface area contributed by atoms with E-state index in [1.165, 1.54) is 6.07 Å². The van der Waals surface area contributed by atoms with Gasteiger partial charge in [-0.1, -0.05) is 25.9 Å². The SMILES string of the molecule is CC(C)(C)c1noc(COc2ccc(F)cc2F)n1. The van der Waals surface area contributed by atoms with Crippen LogP contribution in [-0.4, -0.2) is 10.1 Å². The third-order valence-electron chi connectivity index (χ3n) is 2.38. The second-order valence-corrected chi connectivity index (χ2v) is 5.13. The minimum Gasteiger partial charge on any atom is -0.481 e. The first kappa shape index (κ1) is 13.5. The summed E-state index contributed by atoms with van der Waals surface area (Å²) in [6.45, 7) is 5.78. The van der Waals surface area contributed by atoms with Crippen LogP contribution in [0.4, 0.5) is 8.78 Å². The number of rotatable bonds is 3. The molecule has 0 saturated carbocycles. The summed E-state index contributed by atoms with van der Waals surface area (Å²) in [5, 5.41) is 3.82. The molecule has 0 atom stereocenters. The molecule has 0 aliphatic heterocycles. The maximum atomic E-state index is 13.3. The van der Waals surface area contributed by atoms with Crippen molar-refractivity contribution in [3.8, 4) is 5.75 Å². The number of hydrogen-bond acceptors (Lipinski definition) is 4. The van der Waals surface area contributed by atoms with Gasteiger partial charge in [-0.15, -0.1) is 0 Å². The third kappa shape index (κ3) is 3.27. The Hall–Kier alpha value is -1.98. The van der Waals surface area contributed by atoms with Crippen molar-refractivity contribution in [3.63, 3.8) is 0 Å². The molecule has 6 heteroatoms. The summed E-state index contributed by atoms with van der Waals surface area (Å²) in [6, 6.07) is 3.09. The lowest BCUT2D eigenvalue weighted by atomic mass is 9.96. The molecule has 19 heavy (non-hydrogen) atoms. The zero-order valence-electron chi connectivity index (χ0n) is 10.9. The zero-order valence-corrected chi connectivity index (χ0v) is 10.9. The van der Waals surface area contributed by atoms with Crippen LogP contribution in [0.15, 0.2) is 22.7 Å². The van der Waals surface area contributed by atoms with Crippen LogP contribution in [0.2, 0.25) is 0 Å². The Morgan fingerprint density at radius 3 is 2.58 bits per heavy atom. The summed E-state index contributed by atoms with van der Waals surface area (Å²) in [5.41, 5.74) is -0.233. The molecule has 0 fully saturated rings. The van der Waals surface area contributed by atoms with E-state index >= 15 is 0 Å². The van der Waals surface area contributed by atoms with Gasteiger partial charge < -0.3 is 9.26 Å². The molecule has 4 nitrogen and oxygen atoms in total. The van der Waals surface area contributed by atoms with Gasteiger partial charge in [0.05, 0.1) is 0 Å². The molecule has 2 rings (SSSR count). The van der Waals surface area contributed by atoms with Gasteiger partial charge in [0.15, 0.2) is 24.0 Å². The van der Waals surface area contributed by atoms with E-state index in [2.05, 4.69) is 10.1 Å². The smallest absolute Gasteiger partial charge is 0.264 e. The lowest BCUT2D eigenvalue weighted by Gasteiger charge is -2.10. The van der Waals surface area contributed by atoms with E-state index in [4.69, 9.17) is 9.26 Å². The van der Waals surface area contributed by atoms with E-state index in [1.807, 2.05) is 20.8 Å². The average molecular weight is 268 g/mol. The normalized spacial score (nSPS) is 11.6. The summed E-state index contributed by atoms with van der Waals surface area (Å²) in [7, 11) is 0. The molecule has 0 amide bonds.